The number of nitrogens with zero attached hydrogens (tertiary/aromatic N) is 3. The molecule has 0 amide bonds. The third-order valence-corrected chi connectivity index (χ3v) is 14.6. The van der Waals surface area contributed by atoms with Crippen LogP contribution in [-0.2, 0) is 9.16 Å². The molecule has 0 aromatic carbocycles. The van der Waals surface area contributed by atoms with Crippen LogP contribution in [0.4, 0.5) is 0 Å². The maximum atomic E-state index is 10.8. The first kappa shape index (κ1) is 22.7. The minimum Gasteiger partial charge on any atom is -0.410 e. The molecule has 2 bridgehead atoms. The van der Waals surface area contributed by atoms with Gasteiger partial charge >= 0.3 is 0 Å². The van der Waals surface area contributed by atoms with Gasteiger partial charge in [-0.05, 0) is 91.1 Å². The standard InChI is InChI=1S/C25H39N3O3Si/c1-22(2,3)32(5,6)30-19-14-17-13-16-9-10-23(4)20(7-8-21(23)29)25(16)12-11-24(17,31-25)15-18(19)27-28-26/h13-14,18-21,29H,7-12,15H2,1-6H3/t18?,19?,20-,21+,23+,24-,25-/m1/s1. The highest BCUT2D eigenvalue weighted by molar-refractivity contribution is 6.74. The Bertz CT molecular complexity index is 933. The van der Waals surface area contributed by atoms with Crippen LogP contribution in [0.5, 0.6) is 0 Å². The molecule has 2 aliphatic heterocycles. The molecule has 2 unspecified atom stereocenters. The molecule has 0 aromatic heterocycles. The average Bonchev–Trinajstić information content (AvgIpc) is 3.17. The monoisotopic (exact) mass is 457 g/mol. The Labute approximate surface area is 193 Å². The Kier molecular flexibility index (Phi) is 4.93. The van der Waals surface area contributed by atoms with E-state index in [-0.39, 0.29) is 39.9 Å². The van der Waals surface area contributed by atoms with Crippen molar-refractivity contribution >= 4 is 8.32 Å². The number of ether oxygens (including phenoxy) is 1. The van der Waals surface area contributed by atoms with E-state index < -0.39 is 8.32 Å². The Morgan fingerprint density at radius 1 is 1.25 bits per heavy atom. The third-order valence-electron chi connectivity index (χ3n) is 10.2. The Morgan fingerprint density at radius 3 is 2.69 bits per heavy atom. The molecule has 0 radical (unpaired) electrons. The van der Waals surface area contributed by atoms with Crippen LogP contribution >= 0.6 is 0 Å². The second kappa shape index (κ2) is 6.95. The van der Waals surface area contributed by atoms with Crippen LogP contribution < -0.4 is 0 Å². The van der Waals surface area contributed by atoms with Gasteiger partial charge in [-0.1, -0.05) is 45.0 Å². The van der Waals surface area contributed by atoms with Gasteiger partial charge in [-0.3, -0.25) is 0 Å². The zero-order valence-corrected chi connectivity index (χ0v) is 21.5. The topological polar surface area (TPSA) is 87.5 Å². The molecule has 7 atom stereocenters. The number of aliphatic hydroxyl groups is 1. The molecule has 5 rings (SSSR count). The van der Waals surface area contributed by atoms with Gasteiger partial charge in [0.05, 0.1) is 29.5 Å². The first-order chi connectivity index (χ1) is 14.9. The molecule has 3 fully saturated rings. The summed E-state index contributed by atoms with van der Waals surface area (Å²) in [6, 6.07) is -0.257. The fourth-order valence-electron chi connectivity index (χ4n) is 7.19. The van der Waals surface area contributed by atoms with E-state index in [9.17, 15) is 10.6 Å². The van der Waals surface area contributed by atoms with Gasteiger partial charge in [0.1, 0.15) is 0 Å². The SMILES string of the molecule is CC(C)(C)[Si](C)(C)OC1C=C2C=C3CC[C@@]4(C)[C@@H](CC[C@@H]4O)[C@@]34CC[C@]2(CC1N=[N+]=[N-])O4. The van der Waals surface area contributed by atoms with Crippen LogP contribution in [0.15, 0.2) is 28.4 Å². The molecule has 6 nitrogen and oxygen atoms in total. The Morgan fingerprint density at radius 2 is 2.00 bits per heavy atom. The summed E-state index contributed by atoms with van der Waals surface area (Å²) in [6.07, 6.45) is 10.8. The lowest BCUT2D eigenvalue weighted by atomic mass is 9.58. The van der Waals surface area contributed by atoms with Crippen LogP contribution in [0.3, 0.4) is 0 Å². The summed E-state index contributed by atoms with van der Waals surface area (Å²) >= 11 is 0. The van der Waals surface area contributed by atoms with E-state index in [1.165, 1.54) is 11.1 Å². The predicted molar refractivity (Wildman–Crippen MR) is 128 cm³/mol. The zero-order valence-electron chi connectivity index (χ0n) is 20.5. The van der Waals surface area contributed by atoms with Gasteiger partial charge in [-0.2, -0.15) is 0 Å². The van der Waals surface area contributed by atoms with Crippen LogP contribution in [0.1, 0.15) is 72.6 Å². The normalized spacial score (nSPS) is 45.2. The maximum Gasteiger partial charge on any atom is 0.192 e. The van der Waals surface area contributed by atoms with Crippen molar-refractivity contribution < 1.29 is 14.3 Å². The highest BCUT2D eigenvalue weighted by Gasteiger charge is 2.67. The molecule has 176 valence electrons. The van der Waals surface area contributed by atoms with E-state index in [0.717, 1.165) is 38.5 Å². The summed E-state index contributed by atoms with van der Waals surface area (Å²) in [7, 11) is -2.03. The molecule has 3 aliphatic carbocycles. The second-order valence-corrected chi connectivity index (χ2v) is 17.5. The van der Waals surface area contributed by atoms with E-state index in [0.29, 0.717) is 12.3 Å². The van der Waals surface area contributed by atoms with E-state index in [2.05, 4.69) is 63.0 Å². The summed E-state index contributed by atoms with van der Waals surface area (Å²) in [5.41, 5.74) is 11.3. The van der Waals surface area contributed by atoms with Crippen molar-refractivity contribution in [3.05, 3.63) is 33.7 Å². The van der Waals surface area contributed by atoms with E-state index in [4.69, 9.17) is 9.16 Å². The number of hydrogen-bond acceptors (Lipinski definition) is 4. The molecule has 0 aromatic rings. The van der Waals surface area contributed by atoms with Crippen LogP contribution in [0.25, 0.3) is 10.4 Å². The highest BCUT2D eigenvalue weighted by atomic mass is 28.4. The molecular weight excluding hydrogens is 418 g/mol. The smallest absolute Gasteiger partial charge is 0.192 e. The van der Waals surface area contributed by atoms with Crippen molar-refractivity contribution in [3.63, 3.8) is 0 Å². The summed E-state index contributed by atoms with van der Waals surface area (Å²) in [4.78, 5) is 3.20. The first-order valence-electron chi connectivity index (χ1n) is 12.4. The lowest BCUT2D eigenvalue weighted by molar-refractivity contribution is -0.152. The van der Waals surface area contributed by atoms with Gasteiger partial charge in [0, 0.05) is 4.91 Å². The molecule has 7 heteroatoms. The van der Waals surface area contributed by atoms with E-state index >= 15 is 0 Å². The van der Waals surface area contributed by atoms with Gasteiger partial charge in [0.15, 0.2) is 8.32 Å². The number of hydrogen-bond donors (Lipinski definition) is 1. The molecule has 1 saturated heterocycles. The van der Waals surface area contributed by atoms with Crippen molar-refractivity contribution in [2.45, 2.75) is 120 Å². The van der Waals surface area contributed by atoms with Crippen molar-refractivity contribution in [1.82, 2.24) is 0 Å². The molecule has 1 N–H and O–H groups in total. The fraction of sp³-hybridized carbons (Fsp3) is 0.840. The van der Waals surface area contributed by atoms with Gasteiger partial charge in [0.2, 0.25) is 0 Å². The molecule has 5 aliphatic rings. The quantitative estimate of drug-likeness (QED) is 0.237. The molecule has 32 heavy (non-hydrogen) atoms. The summed E-state index contributed by atoms with van der Waals surface area (Å²) < 4.78 is 13.9. The maximum absolute atomic E-state index is 10.8. The van der Waals surface area contributed by atoms with Gasteiger partial charge in [-0.25, -0.2) is 0 Å². The second-order valence-electron chi connectivity index (χ2n) is 12.7. The van der Waals surface area contributed by atoms with Gasteiger partial charge in [0.25, 0.3) is 0 Å². The van der Waals surface area contributed by atoms with Crippen LogP contribution in [0, 0.1) is 11.3 Å². The molecular formula is C25H39N3O3Si. The largest absolute Gasteiger partial charge is 0.410 e. The number of rotatable bonds is 3. The minimum atomic E-state index is -2.03. The third kappa shape index (κ3) is 2.98. The summed E-state index contributed by atoms with van der Waals surface area (Å²) in [5.74, 6) is 0.366. The first-order valence-corrected chi connectivity index (χ1v) is 15.3. The van der Waals surface area contributed by atoms with Crippen molar-refractivity contribution in [2.24, 2.45) is 16.4 Å². The highest BCUT2D eigenvalue weighted by Crippen LogP contribution is 2.67. The van der Waals surface area contributed by atoms with Crippen LogP contribution in [0.2, 0.25) is 18.1 Å². The molecule has 2 heterocycles. The lowest BCUT2D eigenvalue weighted by Gasteiger charge is -2.55. The Hall–Kier alpha value is -1.11. The zero-order chi connectivity index (χ0) is 23.2. The minimum absolute atomic E-state index is 0.0586. The van der Waals surface area contributed by atoms with E-state index in [1.54, 1.807) is 0 Å². The van der Waals surface area contributed by atoms with Crippen molar-refractivity contribution in [2.75, 3.05) is 0 Å². The summed E-state index contributed by atoms with van der Waals surface area (Å²) in [6.45, 7) is 13.5. The molecule has 2 saturated carbocycles. The van der Waals surface area contributed by atoms with Crippen molar-refractivity contribution in [3.8, 4) is 0 Å². The Balaban J connectivity index is 1.55. The van der Waals surface area contributed by atoms with Gasteiger partial charge < -0.3 is 14.3 Å². The lowest BCUT2D eigenvalue weighted by Crippen LogP contribution is -2.57. The number of azide groups is 1. The van der Waals surface area contributed by atoms with Crippen molar-refractivity contribution in [1.29, 1.82) is 0 Å². The fourth-order valence-corrected chi connectivity index (χ4v) is 8.45. The molecule has 2 spiro atoms. The number of aliphatic hydroxyl groups excluding tert-OH is 1. The average molecular weight is 458 g/mol. The van der Waals surface area contributed by atoms with E-state index in [1.807, 2.05) is 0 Å². The van der Waals surface area contributed by atoms with Gasteiger partial charge in [-0.15, -0.1) is 0 Å². The predicted octanol–water partition coefficient (Wildman–Crippen LogP) is 6.18. The summed E-state index contributed by atoms with van der Waals surface area (Å²) in [5, 5.41) is 15.1. The van der Waals surface area contributed by atoms with Crippen LogP contribution in [-0.4, -0.2) is 42.9 Å². The number of fused-ring (bicyclic) bond motifs is 1.